The normalized spacial score (nSPS) is 11.6. The van der Waals surface area contributed by atoms with E-state index < -0.39 is 0 Å². The molecule has 5 nitrogen and oxygen atoms in total. The molecule has 1 heterocycles. The van der Waals surface area contributed by atoms with Crippen LogP contribution in [0.2, 0.25) is 0 Å². The highest BCUT2D eigenvalue weighted by Gasteiger charge is 2.18. The van der Waals surface area contributed by atoms with Crippen molar-refractivity contribution >= 4 is 28.1 Å². The van der Waals surface area contributed by atoms with E-state index in [9.17, 15) is 5.11 Å². The molecule has 0 aliphatic rings. The Morgan fingerprint density at radius 2 is 1.59 bits per heavy atom. The summed E-state index contributed by atoms with van der Waals surface area (Å²) in [5, 5.41) is 19.1. The van der Waals surface area contributed by atoms with Gasteiger partial charge < -0.3 is 15.8 Å². The van der Waals surface area contributed by atoms with E-state index in [1.165, 1.54) is 0 Å². The first-order valence-electron chi connectivity index (χ1n) is 8.52. The molecule has 4 aromatic rings. The predicted molar refractivity (Wildman–Crippen MR) is 109 cm³/mol. The lowest BCUT2D eigenvalue weighted by Crippen LogP contribution is -2.10. The fraction of sp³-hybridized carbons (Fsp3) is 0. The topological polar surface area (TPSA) is 98.2 Å². The highest BCUT2D eigenvalue weighted by Crippen LogP contribution is 2.31. The monoisotopic (exact) mass is 354 g/mol. The van der Waals surface area contributed by atoms with Crippen LogP contribution in [0.3, 0.4) is 0 Å². The summed E-state index contributed by atoms with van der Waals surface area (Å²) in [5.74, 6) is 0.0600. The molecule has 0 amide bonds. The van der Waals surface area contributed by atoms with Crippen LogP contribution in [0.5, 0.6) is 5.88 Å². The average molecular weight is 354 g/mol. The second-order valence-electron chi connectivity index (χ2n) is 6.18. The number of nitrogens with one attached hydrogen (secondary N) is 2. The van der Waals surface area contributed by atoms with Crippen LogP contribution in [0.25, 0.3) is 10.9 Å². The summed E-state index contributed by atoms with van der Waals surface area (Å²) in [6.45, 7) is 0. The van der Waals surface area contributed by atoms with Crippen LogP contribution in [0.15, 0.2) is 83.9 Å². The molecule has 27 heavy (non-hydrogen) atoms. The first kappa shape index (κ1) is 16.6. The minimum Gasteiger partial charge on any atom is -0.494 e. The number of aliphatic imine (C=N–C) groups is 1. The number of amidine groups is 1. The van der Waals surface area contributed by atoms with Crippen LogP contribution in [0.4, 0.5) is 5.69 Å². The lowest BCUT2D eigenvalue weighted by atomic mass is 10.0. The van der Waals surface area contributed by atoms with Gasteiger partial charge in [-0.15, -0.1) is 0 Å². The standard InChI is InChI=1S/C22H18N4O/c23-21(24)15-9-6-10-16(13-15)25-20(14-7-2-1-3-8-14)19-17-11-4-5-12-18(17)26-22(19)27/h1-13,26-27H,(H3,23,24). The number of fused-ring (bicyclic) bond motifs is 1. The van der Waals surface area contributed by atoms with Gasteiger partial charge in [0.05, 0.1) is 17.0 Å². The molecule has 4 rings (SSSR count). The van der Waals surface area contributed by atoms with Crippen molar-refractivity contribution in [2.45, 2.75) is 0 Å². The molecular weight excluding hydrogens is 336 g/mol. The number of aromatic amines is 1. The maximum atomic E-state index is 10.6. The molecule has 0 saturated carbocycles. The summed E-state index contributed by atoms with van der Waals surface area (Å²) in [5.41, 5.74) is 9.88. The molecule has 0 aliphatic heterocycles. The van der Waals surface area contributed by atoms with Crippen molar-refractivity contribution in [1.82, 2.24) is 4.98 Å². The number of aromatic hydroxyl groups is 1. The molecule has 0 saturated heterocycles. The zero-order valence-corrected chi connectivity index (χ0v) is 14.5. The van der Waals surface area contributed by atoms with Crippen molar-refractivity contribution in [3.8, 4) is 5.88 Å². The average Bonchev–Trinajstić information content (AvgIpc) is 3.02. The van der Waals surface area contributed by atoms with E-state index in [-0.39, 0.29) is 11.7 Å². The molecule has 3 aromatic carbocycles. The van der Waals surface area contributed by atoms with Gasteiger partial charge in [0, 0.05) is 22.0 Å². The summed E-state index contributed by atoms with van der Waals surface area (Å²) >= 11 is 0. The van der Waals surface area contributed by atoms with Crippen LogP contribution < -0.4 is 5.73 Å². The van der Waals surface area contributed by atoms with Gasteiger partial charge in [-0.05, 0) is 18.2 Å². The van der Waals surface area contributed by atoms with Gasteiger partial charge in [-0.3, -0.25) is 5.41 Å². The summed E-state index contributed by atoms with van der Waals surface area (Å²) in [4.78, 5) is 7.82. The minimum absolute atomic E-state index is 0.0109. The Kier molecular flexibility index (Phi) is 4.18. The number of nitrogen functional groups attached to an aromatic ring is 1. The van der Waals surface area contributed by atoms with E-state index in [2.05, 4.69) is 4.98 Å². The number of aromatic nitrogens is 1. The Balaban J connectivity index is 1.97. The van der Waals surface area contributed by atoms with Crippen LogP contribution in [-0.2, 0) is 0 Å². The third kappa shape index (κ3) is 3.18. The molecule has 1 aromatic heterocycles. The van der Waals surface area contributed by atoms with Gasteiger partial charge in [0.2, 0.25) is 0 Å². The summed E-state index contributed by atoms with van der Waals surface area (Å²) in [6, 6.07) is 24.6. The van der Waals surface area contributed by atoms with Crippen LogP contribution in [-0.4, -0.2) is 21.6 Å². The number of benzene rings is 3. The first-order chi connectivity index (χ1) is 13.1. The van der Waals surface area contributed by atoms with Crippen molar-refractivity contribution in [3.05, 3.63) is 95.6 Å². The highest BCUT2D eigenvalue weighted by molar-refractivity contribution is 6.21. The smallest absolute Gasteiger partial charge is 0.199 e. The Bertz CT molecular complexity index is 1160. The molecule has 5 N–H and O–H groups in total. The van der Waals surface area contributed by atoms with E-state index in [1.54, 1.807) is 12.1 Å². The number of para-hydroxylation sites is 1. The van der Waals surface area contributed by atoms with Crippen LogP contribution in [0, 0.1) is 5.41 Å². The zero-order valence-electron chi connectivity index (χ0n) is 14.5. The zero-order chi connectivity index (χ0) is 18.8. The van der Waals surface area contributed by atoms with Gasteiger partial charge in [-0.25, -0.2) is 4.99 Å². The molecule has 132 valence electrons. The Labute approximate surface area is 156 Å². The van der Waals surface area contributed by atoms with Gasteiger partial charge in [-0.1, -0.05) is 60.7 Å². The minimum atomic E-state index is -0.0109. The molecule has 0 spiro atoms. The second kappa shape index (κ2) is 6.80. The predicted octanol–water partition coefficient (Wildman–Crippen LogP) is 4.33. The molecule has 0 radical (unpaired) electrons. The van der Waals surface area contributed by atoms with Crippen LogP contribution >= 0.6 is 0 Å². The van der Waals surface area contributed by atoms with E-state index in [4.69, 9.17) is 16.1 Å². The Hall–Kier alpha value is -3.86. The summed E-state index contributed by atoms with van der Waals surface area (Å²) in [6.07, 6.45) is 0. The summed E-state index contributed by atoms with van der Waals surface area (Å²) in [7, 11) is 0. The number of rotatable bonds is 4. The molecule has 0 aliphatic carbocycles. The Morgan fingerprint density at radius 3 is 2.37 bits per heavy atom. The van der Waals surface area contributed by atoms with Crippen molar-refractivity contribution in [3.63, 3.8) is 0 Å². The van der Waals surface area contributed by atoms with Gasteiger partial charge in [0.25, 0.3) is 0 Å². The fourth-order valence-electron chi connectivity index (χ4n) is 3.10. The van der Waals surface area contributed by atoms with Gasteiger partial charge in [0.15, 0.2) is 5.88 Å². The molecule has 0 fully saturated rings. The van der Waals surface area contributed by atoms with Crippen molar-refractivity contribution in [2.75, 3.05) is 0 Å². The largest absolute Gasteiger partial charge is 0.494 e. The highest BCUT2D eigenvalue weighted by atomic mass is 16.3. The van der Waals surface area contributed by atoms with E-state index >= 15 is 0 Å². The number of nitrogens with two attached hydrogens (primary N) is 1. The first-order valence-corrected chi connectivity index (χ1v) is 8.52. The lowest BCUT2D eigenvalue weighted by Gasteiger charge is -2.08. The van der Waals surface area contributed by atoms with E-state index in [1.807, 2.05) is 66.7 Å². The number of hydrogen-bond acceptors (Lipinski definition) is 3. The second-order valence-corrected chi connectivity index (χ2v) is 6.18. The van der Waals surface area contributed by atoms with Crippen molar-refractivity contribution in [1.29, 1.82) is 5.41 Å². The molecule has 0 atom stereocenters. The third-order valence-corrected chi connectivity index (χ3v) is 4.37. The van der Waals surface area contributed by atoms with Crippen molar-refractivity contribution in [2.24, 2.45) is 10.7 Å². The van der Waals surface area contributed by atoms with E-state index in [0.717, 1.165) is 16.5 Å². The Morgan fingerprint density at radius 1 is 0.889 bits per heavy atom. The number of hydrogen-bond donors (Lipinski definition) is 4. The summed E-state index contributed by atoms with van der Waals surface area (Å²) < 4.78 is 0. The number of nitrogens with zero attached hydrogens (tertiary/aromatic N) is 1. The van der Waals surface area contributed by atoms with Crippen LogP contribution in [0.1, 0.15) is 16.7 Å². The number of H-pyrrole nitrogens is 1. The van der Waals surface area contributed by atoms with E-state index in [0.29, 0.717) is 22.5 Å². The maximum absolute atomic E-state index is 10.6. The molecular formula is C22H18N4O. The quantitative estimate of drug-likeness (QED) is 0.324. The van der Waals surface area contributed by atoms with Crippen molar-refractivity contribution < 1.29 is 5.11 Å². The fourth-order valence-corrected chi connectivity index (χ4v) is 3.10. The lowest BCUT2D eigenvalue weighted by molar-refractivity contribution is 0.457. The molecule has 0 bridgehead atoms. The SMILES string of the molecule is N=C(N)c1cccc(N=C(c2ccccc2)c2c(O)[nH]c3ccccc23)c1. The van der Waals surface area contributed by atoms with Gasteiger partial charge >= 0.3 is 0 Å². The van der Waals surface area contributed by atoms with Gasteiger partial charge in [-0.2, -0.15) is 0 Å². The molecule has 5 heteroatoms. The molecule has 0 unspecified atom stereocenters. The maximum Gasteiger partial charge on any atom is 0.199 e. The van der Waals surface area contributed by atoms with Gasteiger partial charge in [0.1, 0.15) is 5.84 Å². The third-order valence-electron chi connectivity index (χ3n) is 4.37.